The predicted octanol–water partition coefficient (Wildman–Crippen LogP) is 3.33. The van der Waals surface area contributed by atoms with Crippen LogP contribution in [0.2, 0.25) is 0 Å². The van der Waals surface area contributed by atoms with Crippen molar-refractivity contribution < 1.29 is 9.47 Å². The Balaban J connectivity index is 1.75. The first kappa shape index (κ1) is 14.4. The second-order valence-corrected chi connectivity index (χ2v) is 6.35. The standard InChI is InChI=1S/C16H20N2O2S/c1-19-13-5-3-4-12(16(13)20-2)14-9-18-15(21-14)10-17-8-11-6-7-11/h3-5,9,11,17H,6-8,10H2,1-2H3. The van der Waals surface area contributed by atoms with Gasteiger partial charge in [-0.15, -0.1) is 11.3 Å². The third-order valence-electron chi connectivity index (χ3n) is 3.63. The number of thiazole rings is 1. The van der Waals surface area contributed by atoms with Gasteiger partial charge in [-0.05, 0) is 37.4 Å². The second-order valence-electron chi connectivity index (χ2n) is 5.23. The zero-order valence-electron chi connectivity index (χ0n) is 12.4. The smallest absolute Gasteiger partial charge is 0.169 e. The minimum Gasteiger partial charge on any atom is -0.493 e. The summed E-state index contributed by atoms with van der Waals surface area (Å²) in [7, 11) is 3.32. The molecule has 5 heteroatoms. The van der Waals surface area contributed by atoms with E-state index in [4.69, 9.17) is 9.47 Å². The van der Waals surface area contributed by atoms with Crippen LogP contribution in [-0.4, -0.2) is 25.7 Å². The number of rotatable bonds is 7. The van der Waals surface area contributed by atoms with E-state index < -0.39 is 0 Å². The fourth-order valence-electron chi connectivity index (χ4n) is 2.30. The van der Waals surface area contributed by atoms with Crippen molar-refractivity contribution >= 4 is 11.3 Å². The maximum absolute atomic E-state index is 5.49. The zero-order chi connectivity index (χ0) is 14.7. The molecule has 21 heavy (non-hydrogen) atoms. The van der Waals surface area contributed by atoms with Crippen LogP contribution in [-0.2, 0) is 6.54 Å². The van der Waals surface area contributed by atoms with Gasteiger partial charge in [0, 0.05) is 18.3 Å². The molecule has 0 amide bonds. The van der Waals surface area contributed by atoms with E-state index in [1.54, 1.807) is 25.6 Å². The molecule has 1 saturated carbocycles. The number of nitrogens with one attached hydrogen (secondary N) is 1. The summed E-state index contributed by atoms with van der Waals surface area (Å²) >= 11 is 1.70. The van der Waals surface area contributed by atoms with Gasteiger partial charge in [-0.2, -0.15) is 0 Å². The van der Waals surface area contributed by atoms with E-state index in [1.165, 1.54) is 12.8 Å². The number of ether oxygens (including phenoxy) is 2. The van der Waals surface area contributed by atoms with Crippen LogP contribution < -0.4 is 14.8 Å². The molecule has 0 bridgehead atoms. The molecule has 0 atom stereocenters. The molecular weight excluding hydrogens is 284 g/mol. The van der Waals surface area contributed by atoms with Crippen molar-refractivity contribution in [2.45, 2.75) is 19.4 Å². The van der Waals surface area contributed by atoms with Crippen LogP contribution in [0.5, 0.6) is 11.5 Å². The Bertz CT molecular complexity index is 608. The molecule has 2 aromatic rings. The van der Waals surface area contributed by atoms with E-state index in [1.807, 2.05) is 24.4 Å². The highest BCUT2D eigenvalue weighted by atomic mass is 32.1. The van der Waals surface area contributed by atoms with Crippen LogP contribution in [0.1, 0.15) is 17.8 Å². The zero-order valence-corrected chi connectivity index (χ0v) is 13.2. The molecule has 0 spiro atoms. The van der Waals surface area contributed by atoms with Crippen LogP contribution >= 0.6 is 11.3 Å². The van der Waals surface area contributed by atoms with Gasteiger partial charge in [-0.25, -0.2) is 4.98 Å². The van der Waals surface area contributed by atoms with E-state index in [2.05, 4.69) is 10.3 Å². The number of aromatic nitrogens is 1. The monoisotopic (exact) mass is 304 g/mol. The van der Waals surface area contributed by atoms with E-state index >= 15 is 0 Å². The number of nitrogens with zero attached hydrogens (tertiary/aromatic N) is 1. The first-order valence-corrected chi connectivity index (χ1v) is 8.00. The third kappa shape index (κ3) is 3.36. The molecule has 0 aliphatic heterocycles. The molecule has 1 heterocycles. The average Bonchev–Trinajstić information content (AvgIpc) is 3.22. The lowest BCUT2D eigenvalue weighted by Gasteiger charge is -2.10. The van der Waals surface area contributed by atoms with Gasteiger partial charge in [0.25, 0.3) is 0 Å². The molecular formula is C16H20N2O2S. The molecule has 1 aromatic carbocycles. The van der Waals surface area contributed by atoms with Crippen LogP contribution in [0.25, 0.3) is 10.4 Å². The molecule has 1 N–H and O–H groups in total. The molecule has 0 unspecified atom stereocenters. The van der Waals surface area contributed by atoms with E-state index in [-0.39, 0.29) is 0 Å². The summed E-state index contributed by atoms with van der Waals surface area (Å²) in [5.41, 5.74) is 1.03. The number of benzene rings is 1. The van der Waals surface area contributed by atoms with Crippen molar-refractivity contribution in [1.82, 2.24) is 10.3 Å². The van der Waals surface area contributed by atoms with Crippen molar-refractivity contribution in [2.24, 2.45) is 5.92 Å². The van der Waals surface area contributed by atoms with Crippen molar-refractivity contribution in [1.29, 1.82) is 0 Å². The summed E-state index contributed by atoms with van der Waals surface area (Å²) in [6, 6.07) is 5.92. The Morgan fingerprint density at radius 3 is 2.86 bits per heavy atom. The van der Waals surface area contributed by atoms with Gasteiger partial charge < -0.3 is 14.8 Å². The van der Waals surface area contributed by atoms with E-state index in [0.29, 0.717) is 0 Å². The van der Waals surface area contributed by atoms with Gasteiger partial charge in [0.15, 0.2) is 11.5 Å². The maximum Gasteiger partial charge on any atom is 0.169 e. The topological polar surface area (TPSA) is 43.4 Å². The average molecular weight is 304 g/mol. The Morgan fingerprint density at radius 2 is 2.14 bits per heavy atom. The molecule has 0 saturated heterocycles. The van der Waals surface area contributed by atoms with Gasteiger partial charge in [0.05, 0.1) is 19.1 Å². The third-order valence-corrected chi connectivity index (χ3v) is 4.66. The van der Waals surface area contributed by atoms with Gasteiger partial charge >= 0.3 is 0 Å². The number of para-hydroxylation sites is 1. The fourth-order valence-corrected chi connectivity index (χ4v) is 3.21. The molecule has 0 radical (unpaired) electrons. The van der Waals surface area contributed by atoms with Crippen LogP contribution in [0, 0.1) is 5.92 Å². The maximum atomic E-state index is 5.49. The number of hydrogen-bond donors (Lipinski definition) is 1. The summed E-state index contributed by atoms with van der Waals surface area (Å²) in [5, 5.41) is 4.58. The highest BCUT2D eigenvalue weighted by molar-refractivity contribution is 7.15. The van der Waals surface area contributed by atoms with Crippen molar-refractivity contribution in [3.05, 3.63) is 29.4 Å². The first-order chi connectivity index (χ1) is 10.3. The Kier molecular flexibility index (Phi) is 4.41. The second kappa shape index (κ2) is 6.45. The van der Waals surface area contributed by atoms with Crippen LogP contribution in [0.3, 0.4) is 0 Å². The lowest BCUT2D eigenvalue weighted by atomic mass is 10.1. The van der Waals surface area contributed by atoms with Crippen molar-refractivity contribution in [3.8, 4) is 21.9 Å². The van der Waals surface area contributed by atoms with Crippen LogP contribution in [0.15, 0.2) is 24.4 Å². The SMILES string of the molecule is COc1cccc(-c2cnc(CNCC3CC3)s2)c1OC. The van der Waals surface area contributed by atoms with Gasteiger partial charge in [0.1, 0.15) is 5.01 Å². The highest BCUT2D eigenvalue weighted by Crippen LogP contribution is 2.39. The van der Waals surface area contributed by atoms with Gasteiger partial charge in [-0.3, -0.25) is 0 Å². The van der Waals surface area contributed by atoms with Gasteiger partial charge in [-0.1, -0.05) is 6.07 Å². The largest absolute Gasteiger partial charge is 0.493 e. The Morgan fingerprint density at radius 1 is 1.29 bits per heavy atom. The highest BCUT2D eigenvalue weighted by Gasteiger charge is 2.20. The summed E-state index contributed by atoms with van der Waals surface area (Å²) in [5.74, 6) is 2.40. The molecule has 3 rings (SSSR count). The van der Waals surface area contributed by atoms with Gasteiger partial charge in [0.2, 0.25) is 0 Å². The number of methoxy groups -OCH3 is 2. The minimum atomic E-state index is 0.747. The molecule has 1 aliphatic carbocycles. The predicted molar refractivity (Wildman–Crippen MR) is 85.1 cm³/mol. The van der Waals surface area contributed by atoms with Crippen LogP contribution in [0.4, 0.5) is 0 Å². The Hall–Kier alpha value is -1.59. The molecule has 4 nitrogen and oxygen atoms in total. The molecule has 112 valence electrons. The minimum absolute atomic E-state index is 0.747. The van der Waals surface area contributed by atoms with Crippen molar-refractivity contribution in [3.63, 3.8) is 0 Å². The summed E-state index contributed by atoms with van der Waals surface area (Å²) in [6.07, 6.45) is 4.66. The first-order valence-electron chi connectivity index (χ1n) is 7.18. The van der Waals surface area contributed by atoms with Crippen molar-refractivity contribution in [2.75, 3.05) is 20.8 Å². The molecule has 1 fully saturated rings. The lowest BCUT2D eigenvalue weighted by Crippen LogP contribution is -2.15. The quantitative estimate of drug-likeness (QED) is 0.852. The fraction of sp³-hybridized carbons (Fsp3) is 0.438. The lowest BCUT2D eigenvalue weighted by molar-refractivity contribution is 0.356. The van der Waals surface area contributed by atoms with E-state index in [0.717, 1.165) is 46.0 Å². The molecule has 1 aromatic heterocycles. The Labute approximate surface area is 129 Å². The normalized spacial score (nSPS) is 14.2. The number of hydrogen-bond acceptors (Lipinski definition) is 5. The summed E-state index contributed by atoms with van der Waals surface area (Å²) < 4.78 is 10.8. The van der Waals surface area contributed by atoms with E-state index in [9.17, 15) is 0 Å². The molecule has 1 aliphatic rings. The summed E-state index contributed by atoms with van der Waals surface area (Å²) in [6.45, 7) is 1.95. The summed E-state index contributed by atoms with van der Waals surface area (Å²) in [4.78, 5) is 5.61.